The summed E-state index contributed by atoms with van der Waals surface area (Å²) < 4.78 is 10.3. The second-order valence-electron chi connectivity index (χ2n) is 5.65. The van der Waals surface area contributed by atoms with Crippen LogP contribution in [0.1, 0.15) is 21.7 Å². The largest absolute Gasteiger partial charge is 0.380 e. The van der Waals surface area contributed by atoms with Crippen LogP contribution in [0.5, 0.6) is 0 Å². The van der Waals surface area contributed by atoms with Gasteiger partial charge in [0.05, 0.1) is 16.7 Å². The van der Waals surface area contributed by atoms with Gasteiger partial charge in [-0.15, -0.1) is 0 Å². The Kier molecular flexibility index (Phi) is 5.61. The van der Waals surface area contributed by atoms with Gasteiger partial charge in [-0.05, 0) is 36.8 Å². The van der Waals surface area contributed by atoms with Crippen molar-refractivity contribution in [2.45, 2.75) is 13.5 Å². The Morgan fingerprint density at radius 1 is 1.19 bits per heavy atom. The molecule has 0 aliphatic rings. The zero-order valence-electron chi connectivity index (χ0n) is 14.2. The molecule has 3 rings (SSSR count). The first-order chi connectivity index (χ1) is 12.5. The summed E-state index contributed by atoms with van der Waals surface area (Å²) in [6.45, 7) is 2.12. The maximum atomic E-state index is 12.9. The maximum absolute atomic E-state index is 12.9. The number of nitrogens with one attached hydrogen (secondary N) is 1. The normalized spacial score (nSPS) is 10.8. The zero-order valence-corrected chi connectivity index (χ0v) is 15.7. The SMILES string of the molecule is COCc1cccc(NC(=O)c2c(-c3c(Cl)cccc3Cl)noc2C)c1. The lowest BCUT2D eigenvalue weighted by atomic mass is 10.1. The molecule has 3 aromatic rings. The van der Waals surface area contributed by atoms with Crippen LogP contribution in [0.3, 0.4) is 0 Å². The quantitative estimate of drug-likeness (QED) is 0.636. The van der Waals surface area contributed by atoms with E-state index in [0.717, 1.165) is 5.56 Å². The lowest BCUT2D eigenvalue weighted by molar-refractivity contribution is 0.102. The third kappa shape index (κ3) is 3.75. The molecule has 0 aliphatic carbocycles. The second kappa shape index (κ2) is 7.91. The molecule has 0 atom stereocenters. The molecule has 0 radical (unpaired) electrons. The van der Waals surface area contributed by atoms with E-state index in [1.54, 1.807) is 38.3 Å². The molecule has 1 amide bonds. The number of hydrogen-bond acceptors (Lipinski definition) is 4. The lowest BCUT2D eigenvalue weighted by Crippen LogP contribution is -2.13. The molecule has 26 heavy (non-hydrogen) atoms. The second-order valence-corrected chi connectivity index (χ2v) is 6.46. The van der Waals surface area contributed by atoms with Crippen LogP contribution in [0.4, 0.5) is 5.69 Å². The molecule has 0 aliphatic heterocycles. The Balaban J connectivity index is 1.96. The van der Waals surface area contributed by atoms with E-state index in [-0.39, 0.29) is 11.5 Å². The van der Waals surface area contributed by atoms with Crippen molar-refractivity contribution in [3.63, 3.8) is 0 Å². The summed E-state index contributed by atoms with van der Waals surface area (Å²) >= 11 is 12.5. The van der Waals surface area contributed by atoms with Gasteiger partial charge in [-0.1, -0.05) is 46.6 Å². The average Bonchev–Trinajstić information content (AvgIpc) is 2.97. The molecule has 134 valence electrons. The van der Waals surface area contributed by atoms with E-state index in [0.29, 0.717) is 39.4 Å². The van der Waals surface area contributed by atoms with Gasteiger partial charge in [0.2, 0.25) is 0 Å². The minimum atomic E-state index is -0.357. The number of benzene rings is 2. The van der Waals surface area contributed by atoms with Gasteiger partial charge in [0.1, 0.15) is 17.0 Å². The molecule has 0 saturated carbocycles. The zero-order chi connectivity index (χ0) is 18.7. The van der Waals surface area contributed by atoms with Crippen LogP contribution in [0.15, 0.2) is 47.0 Å². The molecule has 5 nitrogen and oxygen atoms in total. The molecule has 7 heteroatoms. The van der Waals surface area contributed by atoms with Gasteiger partial charge in [-0.2, -0.15) is 0 Å². The van der Waals surface area contributed by atoms with Gasteiger partial charge in [-0.3, -0.25) is 4.79 Å². The topological polar surface area (TPSA) is 64.4 Å². The summed E-state index contributed by atoms with van der Waals surface area (Å²) in [7, 11) is 1.62. The van der Waals surface area contributed by atoms with Crippen LogP contribution in [0, 0.1) is 6.92 Å². The number of amides is 1. The molecule has 1 heterocycles. The predicted octanol–water partition coefficient (Wildman–Crippen LogP) is 5.36. The van der Waals surface area contributed by atoms with Gasteiger partial charge < -0.3 is 14.6 Å². The fourth-order valence-corrected chi connectivity index (χ4v) is 3.21. The van der Waals surface area contributed by atoms with Crippen molar-refractivity contribution >= 4 is 34.8 Å². The van der Waals surface area contributed by atoms with E-state index in [4.69, 9.17) is 32.5 Å². The van der Waals surface area contributed by atoms with E-state index < -0.39 is 0 Å². The molecular formula is C19H16Cl2N2O3. The first kappa shape index (κ1) is 18.5. The number of aryl methyl sites for hydroxylation is 1. The number of methoxy groups -OCH3 is 1. The molecule has 0 bridgehead atoms. The number of anilines is 1. The van der Waals surface area contributed by atoms with Crippen molar-refractivity contribution in [2.24, 2.45) is 0 Å². The highest BCUT2D eigenvalue weighted by molar-refractivity contribution is 6.39. The first-order valence-electron chi connectivity index (χ1n) is 7.81. The number of halogens is 2. The highest BCUT2D eigenvalue weighted by atomic mass is 35.5. The molecule has 0 unspecified atom stereocenters. The number of nitrogens with zero attached hydrogens (tertiary/aromatic N) is 1. The molecule has 0 saturated heterocycles. The van der Waals surface area contributed by atoms with Crippen molar-refractivity contribution < 1.29 is 14.1 Å². The Labute approximate surface area is 160 Å². The fourth-order valence-electron chi connectivity index (χ4n) is 2.63. The Morgan fingerprint density at radius 2 is 1.88 bits per heavy atom. The average molecular weight is 391 g/mol. The number of ether oxygens (including phenoxy) is 1. The fraction of sp³-hybridized carbons (Fsp3) is 0.158. The summed E-state index contributed by atoms with van der Waals surface area (Å²) in [5.74, 6) is 0.0193. The summed E-state index contributed by atoms with van der Waals surface area (Å²) in [5.41, 5.74) is 2.65. The summed E-state index contributed by atoms with van der Waals surface area (Å²) in [4.78, 5) is 12.9. The first-order valence-corrected chi connectivity index (χ1v) is 8.56. The van der Waals surface area contributed by atoms with E-state index in [1.807, 2.05) is 18.2 Å². The Bertz CT molecular complexity index is 933. The monoisotopic (exact) mass is 390 g/mol. The van der Waals surface area contributed by atoms with Crippen molar-refractivity contribution in [1.29, 1.82) is 0 Å². The molecule has 0 fully saturated rings. The summed E-state index contributed by atoms with van der Waals surface area (Å²) in [6, 6.07) is 12.5. The van der Waals surface area contributed by atoms with Crippen LogP contribution < -0.4 is 5.32 Å². The number of carbonyl (C=O) groups is 1. The molecule has 1 aromatic heterocycles. The highest BCUT2D eigenvalue weighted by Gasteiger charge is 2.25. The van der Waals surface area contributed by atoms with Crippen LogP contribution >= 0.6 is 23.2 Å². The molecule has 1 N–H and O–H groups in total. The summed E-state index contributed by atoms with van der Waals surface area (Å²) in [5, 5.41) is 7.63. The third-order valence-electron chi connectivity index (χ3n) is 3.79. The predicted molar refractivity (Wildman–Crippen MR) is 102 cm³/mol. The van der Waals surface area contributed by atoms with Crippen molar-refractivity contribution in [3.8, 4) is 11.3 Å². The maximum Gasteiger partial charge on any atom is 0.261 e. The van der Waals surface area contributed by atoms with Gasteiger partial charge in [0.25, 0.3) is 5.91 Å². The van der Waals surface area contributed by atoms with E-state index in [1.165, 1.54) is 0 Å². The summed E-state index contributed by atoms with van der Waals surface area (Å²) in [6.07, 6.45) is 0. The van der Waals surface area contributed by atoms with Crippen LogP contribution in [-0.4, -0.2) is 18.2 Å². The Morgan fingerprint density at radius 3 is 2.58 bits per heavy atom. The van der Waals surface area contributed by atoms with E-state index >= 15 is 0 Å². The Hall–Kier alpha value is -2.34. The van der Waals surface area contributed by atoms with Gasteiger partial charge in [0, 0.05) is 18.4 Å². The molecule has 0 spiro atoms. The smallest absolute Gasteiger partial charge is 0.261 e. The van der Waals surface area contributed by atoms with Gasteiger partial charge in [0.15, 0.2) is 0 Å². The van der Waals surface area contributed by atoms with Crippen molar-refractivity contribution in [3.05, 3.63) is 69.4 Å². The van der Waals surface area contributed by atoms with Crippen LogP contribution in [0.25, 0.3) is 11.3 Å². The minimum Gasteiger partial charge on any atom is -0.380 e. The van der Waals surface area contributed by atoms with Crippen LogP contribution in [-0.2, 0) is 11.3 Å². The standard InChI is InChI=1S/C19H16Cl2N2O3/c1-11-16(18(23-26-11)17-14(20)7-4-8-15(17)21)19(24)22-13-6-3-5-12(9-13)10-25-2/h3-9H,10H2,1-2H3,(H,22,24). The minimum absolute atomic E-state index is 0.289. The van der Waals surface area contributed by atoms with Crippen LogP contribution in [0.2, 0.25) is 10.0 Å². The number of aromatic nitrogens is 1. The molecule has 2 aromatic carbocycles. The number of carbonyl (C=O) groups excluding carboxylic acids is 1. The van der Waals surface area contributed by atoms with Gasteiger partial charge in [-0.25, -0.2) is 0 Å². The van der Waals surface area contributed by atoms with E-state index in [2.05, 4.69) is 10.5 Å². The van der Waals surface area contributed by atoms with Crippen molar-refractivity contribution in [1.82, 2.24) is 5.16 Å². The van der Waals surface area contributed by atoms with E-state index in [9.17, 15) is 4.79 Å². The van der Waals surface area contributed by atoms with Crippen molar-refractivity contribution in [2.75, 3.05) is 12.4 Å². The highest BCUT2D eigenvalue weighted by Crippen LogP contribution is 2.37. The molecular weight excluding hydrogens is 375 g/mol. The number of hydrogen-bond donors (Lipinski definition) is 1. The number of rotatable bonds is 5. The lowest BCUT2D eigenvalue weighted by Gasteiger charge is -2.09. The van der Waals surface area contributed by atoms with Gasteiger partial charge >= 0.3 is 0 Å². The third-order valence-corrected chi connectivity index (χ3v) is 4.42.